The molecule has 8 N–H and O–H groups in total. The van der Waals surface area contributed by atoms with Crippen molar-refractivity contribution in [2.75, 3.05) is 26.2 Å². The van der Waals surface area contributed by atoms with E-state index in [1.54, 1.807) is 0 Å². The Kier molecular flexibility index (Phi) is 18.8. The molecule has 0 saturated carbocycles. The molecular weight excluding hydrogens is 509 g/mol. The molecular formula is C22H62N4O3Si5. The van der Waals surface area contributed by atoms with E-state index in [0.717, 1.165) is 64.0 Å². The highest BCUT2D eigenvalue weighted by molar-refractivity contribution is 6.88. The summed E-state index contributed by atoms with van der Waals surface area (Å²) in [7, 11) is -8.24. The Balaban J connectivity index is 0. The van der Waals surface area contributed by atoms with Gasteiger partial charge in [0.1, 0.15) is 0 Å². The molecule has 0 aliphatic carbocycles. The quantitative estimate of drug-likeness (QED) is 0.172. The summed E-state index contributed by atoms with van der Waals surface area (Å²) in [6, 6.07) is 4.60. The van der Waals surface area contributed by atoms with Crippen LogP contribution in [0.1, 0.15) is 25.7 Å². The maximum Gasteiger partial charge on any atom is 0.311 e. The molecule has 0 aliphatic rings. The van der Waals surface area contributed by atoms with Crippen LogP contribution in [0.4, 0.5) is 0 Å². The minimum atomic E-state index is -2.03. The normalized spacial score (nSPS) is 13.6. The molecule has 0 bridgehead atoms. The summed E-state index contributed by atoms with van der Waals surface area (Å²) < 4.78 is 19.3. The van der Waals surface area contributed by atoms with Gasteiger partial charge in [-0.2, -0.15) is 0 Å². The highest BCUT2D eigenvalue weighted by Gasteiger charge is 2.39. The minimum Gasteiger partial charge on any atom is -0.455 e. The zero-order chi connectivity index (χ0) is 27.1. The van der Waals surface area contributed by atoms with Crippen molar-refractivity contribution in [1.82, 2.24) is 0 Å². The van der Waals surface area contributed by atoms with Crippen LogP contribution in [0.25, 0.3) is 0 Å². The molecule has 0 aromatic rings. The molecule has 0 spiro atoms. The van der Waals surface area contributed by atoms with Gasteiger partial charge in [0.25, 0.3) is 0 Å². The smallest absolute Gasteiger partial charge is 0.311 e. The van der Waals surface area contributed by atoms with Gasteiger partial charge in [-0.3, -0.25) is 0 Å². The van der Waals surface area contributed by atoms with E-state index in [4.69, 9.17) is 35.3 Å². The number of rotatable bonds is 18. The SMILES string of the molecule is C[Si](C)(CCCN)O[Si](C)(C)CCCN.C[Si](C)(CCCN)O[Si](C)(C)O[Si](C)(C)CCCN. The molecule has 0 unspecified atom stereocenters. The topological polar surface area (TPSA) is 132 Å². The maximum absolute atomic E-state index is 6.45. The van der Waals surface area contributed by atoms with Gasteiger partial charge in [-0.1, -0.05) is 0 Å². The lowest BCUT2D eigenvalue weighted by molar-refractivity contribution is 0.387. The van der Waals surface area contributed by atoms with Crippen LogP contribution in [-0.2, 0) is 12.3 Å². The zero-order valence-corrected chi connectivity index (χ0v) is 29.5. The third kappa shape index (κ3) is 22.0. The summed E-state index contributed by atoms with van der Waals surface area (Å²) >= 11 is 0. The molecule has 12 heteroatoms. The van der Waals surface area contributed by atoms with E-state index in [2.05, 4.69) is 65.5 Å². The van der Waals surface area contributed by atoms with Crippen molar-refractivity contribution >= 4 is 41.8 Å². The molecule has 7 nitrogen and oxygen atoms in total. The minimum absolute atomic E-state index is 0.749. The van der Waals surface area contributed by atoms with Gasteiger partial charge in [-0.05, 0) is 142 Å². The largest absolute Gasteiger partial charge is 0.455 e. The lowest BCUT2D eigenvalue weighted by atomic mass is 10.5. The molecule has 0 radical (unpaired) electrons. The predicted octanol–water partition coefficient (Wildman–Crippen LogP) is 4.94. The average Bonchev–Trinajstić information content (AvgIpc) is 2.66. The van der Waals surface area contributed by atoms with Crippen LogP contribution in [0.5, 0.6) is 0 Å². The van der Waals surface area contributed by atoms with E-state index >= 15 is 0 Å². The summed E-state index contributed by atoms with van der Waals surface area (Å²) in [4.78, 5) is 0. The van der Waals surface area contributed by atoms with Crippen LogP contribution < -0.4 is 22.9 Å². The summed E-state index contributed by atoms with van der Waals surface area (Å²) in [5, 5.41) is 0. The molecule has 0 saturated heterocycles. The number of nitrogens with two attached hydrogens (primary N) is 4. The van der Waals surface area contributed by atoms with Crippen molar-refractivity contribution in [3.05, 3.63) is 0 Å². The van der Waals surface area contributed by atoms with E-state index in [1.807, 2.05) is 0 Å². The first-order chi connectivity index (χ1) is 15.4. The summed E-state index contributed by atoms with van der Waals surface area (Å²) in [6.45, 7) is 25.7. The van der Waals surface area contributed by atoms with E-state index in [1.165, 1.54) is 12.1 Å². The first-order valence-electron chi connectivity index (χ1n) is 13.3. The van der Waals surface area contributed by atoms with Gasteiger partial charge in [0.15, 0.2) is 33.3 Å². The molecule has 34 heavy (non-hydrogen) atoms. The highest BCUT2D eigenvalue weighted by Crippen LogP contribution is 2.26. The molecule has 208 valence electrons. The van der Waals surface area contributed by atoms with Gasteiger partial charge in [-0.15, -0.1) is 0 Å². The lowest BCUT2D eigenvalue weighted by Crippen LogP contribution is -2.52. The van der Waals surface area contributed by atoms with Crippen LogP contribution in [0.3, 0.4) is 0 Å². The van der Waals surface area contributed by atoms with Gasteiger partial charge < -0.3 is 35.3 Å². The van der Waals surface area contributed by atoms with E-state index in [9.17, 15) is 0 Å². The Morgan fingerprint density at radius 3 is 0.794 bits per heavy atom. The fourth-order valence-corrected chi connectivity index (χ4v) is 27.4. The van der Waals surface area contributed by atoms with Crippen LogP contribution >= 0.6 is 0 Å². The summed E-state index contributed by atoms with van der Waals surface area (Å²) in [6.07, 6.45) is 4.30. The third-order valence-corrected chi connectivity index (χ3v) is 24.5. The fraction of sp³-hybridized carbons (Fsp3) is 1.00. The molecule has 0 atom stereocenters. The summed E-state index contributed by atoms with van der Waals surface area (Å²) in [5.41, 5.74) is 22.3. The van der Waals surface area contributed by atoms with Crippen molar-refractivity contribution < 1.29 is 12.3 Å². The molecule has 0 aromatic heterocycles. The second-order valence-electron chi connectivity index (χ2n) is 12.3. The van der Waals surface area contributed by atoms with Crippen molar-refractivity contribution in [1.29, 1.82) is 0 Å². The van der Waals surface area contributed by atoms with Crippen molar-refractivity contribution in [2.45, 2.75) is 115 Å². The van der Waals surface area contributed by atoms with E-state index in [0.29, 0.717) is 0 Å². The number of hydrogen-bond donors (Lipinski definition) is 4. The van der Waals surface area contributed by atoms with Gasteiger partial charge >= 0.3 is 8.56 Å². The first kappa shape index (κ1) is 37.0. The van der Waals surface area contributed by atoms with Gasteiger partial charge in [0, 0.05) is 0 Å². The Hall–Kier alpha value is 0.804. The van der Waals surface area contributed by atoms with Gasteiger partial charge in [0.05, 0.1) is 0 Å². The molecule has 0 rings (SSSR count). The van der Waals surface area contributed by atoms with Crippen LogP contribution in [0.15, 0.2) is 0 Å². The molecule has 0 fully saturated rings. The molecule has 0 amide bonds. The fourth-order valence-electron chi connectivity index (χ4n) is 4.41. The standard InChI is InChI=1S/C12H34N2O2Si3.C10H28N2OSi2/c1-17(2,11-7-9-13)15-19(5,6)16-18(3,4)12-8-10-14;1-14(2,9-5-7-11)13-15(3,4)10-6-8-12/h7-14H2,1-6H3;5-12H2,1-4H3. The monoisotopic (exact) mass is 570 g/mol. The van der Waals surface area contributed by atoms with Crippen molar-refractivity contribution in [2.24, 2.45) is 22.9 Å². The van der Waals surface area contributed by atoms with Crippen molar-refractivity contribution in [3.63, 3.8) is 0 Å². The Morgan fingerprint density at radius 1 is 0.382 bits per heavy atom. The van der Waals surface area contributed by atoms with E-state index in [-0.39, 0.29) is 0 Å². The van der Waals surface area contributed by atoms with E-state index < -0.39 is 41.8 Å². The second-order valence-corrected chi connectivity index (χ2v) is 33.6. The lowest BCUT2D eigenvalue weighted by Gasteiger charge is -2.38. The third-order valence-electron chi connectivity index (χ3n) is 5.53. The second kappa shape index (κ2) is 17.3. The Labute approximate surface area is 218 Å². The first-order valence-corrected chi connectivity index (χ1v) is 28.5. The predicted molar refractivity (Wildman–Crippen MR) is 165 cm³/mol. The Morgan fingerprint density at radius 2 is 0.588 bits per heavy atom. The zero-order valence-electron chi connectivity index (χ0n) is 24.5. The molecule has 0 aliphatic heterocycles. The number of hydrogen-bond acceptors (Lipinski definition) is 7. The van der Waals surface area contributed by atoms with Crippen LogP contribution in [-0.4, -0.2) is 68.0 Å². The summed E-state index contributed by atoms with van der Waals surface area (Å²) in [5.74, 6) is 0. The molecule has 0 heterocycles. The molecule has 0 aromatic carbocycles. The highest BCUT2D eigenvalue weighted by atomic mass is 28.5. The van der Waals surface area contributed by atoms with Crippen molar-refractivity contribution in [3.8, 4) is 0 Å². The van der Waals surface area contributed by atoms with Crippen LogP contribution in [0, 0.1) is 0 Å². The van der Waals surface area contributed by atoms with Gasteiger partial charge in [-0.25, -0.2) is 0 Å². The maximum atomic E-state index is 6.45. The Bertz CT molecular complexity index is 483. The van der Waals surface area contributed by atoms with Gasteiger partial charge in [0.2, 0.25) is 0 Å². The average molecular weight is 571 g/mol. The van der Waals surface area contributed by atoms with Crippen LogP contribution in [0.2, 0.25) is 89.6 Å².